The van der Waals surface area contributed by atoms with Crippen LogP contribution < -0.4 is 16.0 Å². The quantitative estimate of drug-likeness (QED) is 0.471. The first-order valence-electron chi connectivity index (χ1n) is 9.29. The van der Waals surface area contributed by atoms with Crippen molar-refractivity contribution in [1.29, 1.82) is 0 Å². The van der Waals surface area contributed by atoms with Crippen LogP contribution in [0, 0.1) is 5.82 Å². The first-order chi connectivity index (χ1) is 14.0. The first-order valence-corrected chi connectivity index (χ1v) is 9.29. The molecule has 164 valence electrons. The molecule has 0 spiro atoms. The Labute approximate surface area is 170 Å². The number of carbonyl (C=O) groups excluding carboxylic acids is 4. The van der Waals surface area contributed by atoms with E-state index in [2.05, 4.69) is 16.0 Å². The molecule has 0 heterocycles. The summed E-state index contributed by atoms with van der Waals surface area (Å²) in [6.45, 7) is 3.10. The molecule has 1 aromatic rings. The van der Waals surface area contributed by atoms with Gasteiger partial charge in [0.05, 0.1) is 12.2 Å². The average Bonchev–Trinajstić information content (AvgIpc) is 3.00. The molecule has 1 aromatic carbocycles. The molecule has 1 aliphatic carbocycles. The number of amides is 3. The highest BCUT2D eigenvalue weighted by Gasteiger charge is 2.40. The summed E-state index contributed by atoms with van der Waals surface area (Å²) in [6, 6.07) is 1.25. The third-order valence-corrected chi connectivity index (χ3v) is 4.40. The van der Waals surface area contributed by atoms with Crippen molar-refractivity contribution in [1.82, 2.24) is 10.6 Å². The molecular weight excluding hydrogens is 407 g/mol. The molecule has 0 bridgehead atoms. The Kier molecular flexibility index (Phi) is 7.41. The van der Waals surface area contributed by atoms with Crippen molar-refractivity contribution >= 4 is 29.4 Å². The Bertz CT molecular complexity index is 847. The first kappa shape index (κ1) is 23.2. The molecule has 11 heteroatoms. The molecule has 0 aliphatic heterocycles. The monoisotopic (exact) mass is 429 g/mol. The summed E-state index contributed by atoms with van der Waals surface area (Å²) in [4.78, 5) is 47.4. The van der Waals surface area contributed by atoms with Gasteiger partial charge in [-0.15, -0.1) is 0 Å². The van der Waals surface area contributed by atoms with Gasteiger partial charge in [0.2, 0.25) is 5.92 Å². The lowest BCUT2D eigenvalue weighted by atomic mass is 10.1. The van der Waals surface area contributed by atoms with Crippen LogP contribution in [0.2, 0.25) is 0 Å². The van der Waals surface area contributed by atoms with Crippen LogP contribution in [0.5, 0.6) is 0 Å². The van der Waals surface area contributed by atoms with Crippen LogP contribution in [-0.4, -0.2) is 48.3 Å². The third kappa shape index (κ3) is 6.19. The minimum atomic E-state index is -2.88. The molecule has 2 unspecified atom stereocenters. The highest BCUT2D eigenvalue weighted by molar-refractivity contribution is 6.39. The van der Waals surface area contributed by atoms with E-state index >= 15 is 0 Å². The molecule has 0 aromatic heterocycles. The number of rotatable bonds is 6. The average molecular weight is 429 g/mol. The fourth-order valence-electron chi connectivity index (χ4n) is 2.89. The van der Waals surface area contributed by atoms with E-state index in [1.165, 1.54) is 13.0 Å². The molecule has 8 nitrogen and oxygen atoms in total. The molecule has 2 atom stereocenters. The predicted molar refractivity (Wildman–Crippen MR) is 99.3 cm³/mol. The zero-order chi connectivity index (χ0) is 22.5. The number of esters is 1. The van der Waals surface area contributed by atoms with Crippen LogP contribution in [0.1, 0.15) is 43.5 Å². The van der Waals surface area contributed by atoms with Crippen molar-refractivity contribution in [3.8, 4) is 0 Å². The second-order valence-electron chi connectivity index (χ2n) is 6.87. The van der Waals surface area contributed by atoms with Crippen LogP contribution in [0.25, 0.3) is 0 Å². The van der Waals surface area contributed by atoms with Crippen molar-refractivity contribution in [3.63, 3.8) is 0 Å². The summed E-state index contributed by atoms with van der Waals surface area (Å²) in [7, 11) is 0. The Hall–Kier alpha value is -3.11. The zero-order valence-electron chi connectivity index (χ0n) is 16.4. The van der Waals surface area contributed by atoms with Gasteiger partial charge in [-0.1, -0.05) is 0 Å². The molecule has 30 heavy (non-hydrogen) atoms. The number of hydrogen-bond donors (Lipinski definition) is 3. The molecule has 1 saturated carbocycles. The maximum absolute atomic E-state index is 14.3. The van der Waals surface area contributed by atoms with Crippen LogP contribution in [0.15, 0.2) is 18.2 Å². The zero-order valence-corrected chi connectivity index (χ0v) is 16.4. The normalized spacial score (nSPS) is 18.2. The number of anilines is 1. The van der Waals surface area contributed by atoms with E-state index in [0.29, 0.717) is 0 Å². The molecule has 1 fully saturated rings. The number of ether oxygens (including phenoxy) is 1. The second kappa shape index (κ2) is 9.59. The molecule has 0 saturated heterocycles. The molecule has 0 radical (unpaired) electrons. The Morgan fingerprint density at radius 3 is 2.50 bits per heavy atom. The fraction of sp³-hybridized carbons (Fsp3) is 0.474. The van der Waals surface area contributed by atoms with Crippen LogP contribution in [0.3, 0.4) is 0 Å². The van der Waals surface area contributed by atoms with Gasteiger partial charge < -0.3 is 20.7 Å². The molecular formula is C19H22F3N3O5. The van der Waals surface area contributed by atoms with Crippen LogP contribution in [-0.2, 0) is 19.1 Å². The summed E-state index contributed by atoms with van der Waals surface area (Å²) in [6.07, 6.45) is -0.869. The van der Waals surface area contributed by atoms with Gasteiger partial charge in [0.25, 0.3) is 5.91 Å². The van der Waals surface area contributed by atoms with Gasteiger partial charge >= 0.3 is 17.8 Å². The lowest BCUT2D eigenvalue weighted by Crippen LogP contribution is -2.41. The highest BCUT2D eigenvalue weighted by atomic mass is 19.3. The number of hydrogen-bond acceptors (Lipinski definition) is 5. The van der Waals surface area contributed by atoms with Gasteiger partial charge in [-0.2, -0.15) is 0 Å². The van der Waals surface area contributed by atoms with E-state index < -0.39 is 53.9 Å². The minimum Gasteiger partial charge on any atom is -0.464 e. The van der Waals surface area contributed by atoms with Crippen molar-refractivity contribution in [2.75, 3.05) is 11.9 Å². The van der Waals surface area contributed by atoms with Gasteiger partial charge in [0.15, 0.2) is 0 Å². The van der Waals surface area contributed by atoms with Crippen molar-refractivity contribution < 1.29 is 37.1 Å². The number of carbonyl (C=O) groups is 4. The summed E-state index contributed by atoms with van der Waals surface area (Å²) in [5, 5.41) is 6.62. The van der Waals surface area contributed by atoms with E-state index in [0.717, 1.165) is 12.1 Å². The van der Waals surface area contributed by atoms with Crippen molar-refractivity contribution in [2.45, 2.75) is 51.1 Å². The predicted octanol–water partition coefficient (Wildman–Crippen LogP) is 1.75. The standard InChI is InChI=1S/C19H22F3N3O5/c1-3-30-18(29)10(2)23-15(26)13-5-4-11(8-14(13)20)24-16(27)17(28)25-12-6-7-19(21,22)9-12/h4-5,8,10,12H,3,6-7,9H2,1-2H3,(H,23,26)(H,24,27)(H,25,28). The minimum absolute atomic E-state index is 0.0503. The Morgan fingerprint density at radius 1 is 1.23 bits per heavy atom. The lowest BCUT2D eigenvalue weighted by molar-refractivity contribution is -0.144. The smallest absolute Gasteiger partial charge is 0.328 e. The summed E-state index contributed by atoms with van der Waals surface area (Å²) in [5.41, 5.74) is -0.499. The maximum atomic E-state index is 14.3. The molecule has 3 N–H and O–H groups in total. The number of halogens is 3. The largest absolute Gasteiger partial charge is 0.464 e. The summed E-state index contributed by atoms with van der Waals surface area (Å²) >= 11 is 0. The van der Waals surface area contributed by atoms with E-state index in [-0.39, 0.29) is 30.7 Å². The second-order valence-corrected chi connectivity index (χ2v) is 6.87. The molecule has 3 amide bonds. The maximum Gasteiger partial charge on any atom is 0.328 e. The van der Waals surface area contributed by atoms with E-state index in [4.69, 9.17) is 4.74 Å². The van der Waals surface area contributed by atoms with Gasteiger partial charge in [0, 0.05) is 24.6 Å². The van der Waals surface area contributed by atoms with E-state index in [9.17, 15) is 32.3 Å². The van der Waals surface area contributed by atoms with E-state index in [1.54, 1.807) is 6.92 Å². The van der Waals surface area contributed by atoms with Gasteiger partial charge in [0.1, 0.15) is 11.9 Å². The number of benzene rings is 1. The summed E-state index contributed by atoms with van der Waals surface area (Å²) in [5.74, 6) is -7.70. The fourth-order valence-corrected chi connectivity index (χ4v) is 2.89. The topological polar surface area (TPSA) is 114 Å². The Morgan fingerprint density at radius 2 is 1.93 bits per heavy atom. The van der Waals surface area contributed by atoms with Crippen molar-refractivity contribution in [3.05, 3.63) is 29.6 Å². The molecule has 2 rings (SSSR count). The third-order valence-electron chi connectivity index (χ3n) is 4.40. The van der Waals surface area contributed by atoms with Gasteiger partial charge in [-0.05, 0) is 38.5 Å². The highest BCUT2D eigenvalue weighted by Crippen LogP contribution is 2.34. The SMILES string of the molecule is CCOC(=O)C(C)NC(=O)c1ccc(NC(=O)C(=O)NC2CCC(F)(F)C2)cc1F. The number of nitrogens with one attached hydrogen (secondary N) is 3. The Balaban J connectivity index is 1.94. The van der Waals surface area contributed by atoms with Gasteiger partial charge in [-0.25, -0.2) is 18.0 Å². The van der Waals surface area contributed by atoms with Crippen LogP contribution >= 0.6 is 0 Å². The van der Waals surface area contributed by atoms with Crippen LogP contribution in [0.4, 0.5) is 18.9 Å². The van der Waals surface area contributed by atoms with Crippen molar-refractivity contribution in [2.24, 2.45) is 0 Å². The molecule has 1 aliphatic rings. The van der Waals surface area contributed by atoms with E-state index in [1.807, 2.05) is 0 Å². The summed E-state index contributed by atoms with van der Waals surface area (Å²) < 4.78 is 45.3. The number of alkyl halides is 2. The lowest BCUT2D eigenvalue weighted by Gasteiger charge is -2.14. The van der Waals surface area contributed by atoms with Gasteiger partial charge in [-0.3, -0.25) is 14.4 Å².